The molecule has 0 saturated heterocycles. The number of aliphatic hydroxyl groups excluding tert-OH is 1. The van der Waals surface area contributed by atoms with Gasteiger partial charge >= 0.3 is 5.97 Å². The molecule has 3 fully saturated rings. The van der Waals surface area contributed by atoms with Crippen LogP contribution in [0.25, 0.3) is 0 Å². The topological polar surface area (TPSA) is 89.8 Å². The van der Waals surface area contributed by atoms with Gasteiger partial charge in [-0.1, -0.05) is 25.1 Å². The molecular formula is C23H30NO4+. The van der Waals surface area contributed by atoms with Crippen LogP contribution in [0.15, 0.2) is 24.3 Å². The molecule has 150 valence electrons. The first-order chi connectivity index (χ1) is 13.2. The predicted molar refractivity (Wildman–Crippen MR) is 106 cm³/mol. The average Bonchev–Trinajstić information content (AvgIpc) is 2.95. The maximum Gasteiger partial charge on any atom is 0.312 e. The van der Waals surface area contributed by atoms with E-state index in [0.29, 0.717) is 12.8 Å². The second-order valence-electron chi connectivity index (χ2n) is 10.0. The fourth-order valence-electron chi connectivity index (χ4n) is 7.30. The third kappa shape index (κ3) is 2.09. The van der Waals surface area contributed by atoms with E-state index in [1.807, 2.05) is 24.3 Å². The number of aliphatic hydroxyl groups is 2. The standard InChI is InChI=1S/C23H29NO4/c1-21-10-9-19(25)22(2,20(26)27)17(21)8-7-13-11-18-23(28,12-15(13)21)14-5-3-4-6-16(14)24-18/h3-6,15,17-19,24-25,28H,7-12H2,1-2H3/p+1/t15-,17+,18+,19-,21+,22-,23?/m0/s1. The molecule has 1 aliphatic heterocycles. The minimum absolute atomic E-state index is 0.00339. The molecule has 0 spiro atoms. The fraction of sp³-hybridized carbons (Fsp3) is 0.652. The molecule has 0 bridgehead atoms. The van der Waals surface area contributed by atoms with Gasteiger partial charge in [-0.15, -0.1) is 0 Å². The zero-order chi connectivity index (χ0) is 19.9. The minimum atomic E-state index is -1.12. The number of carboxylic acid groups (broad SMARTS) is 1. The Balaban J connectivity index is 1.55. The summed E-state index contributed by atoms with van der Waals surface area (Å²) in [5.74, 6) is 0.684. The molecule has 4 aliphatic rings. The Hall–Kier alpha value is -1.72. The van der Waals surface area contributed by atoms with Crippen LogP contribution >= 0.6 is 0 Å². The largest absolute Gasteiger partial charge is 0.481 e. The van der Waals surface area contributed by atoms with Crippen molar-refractivity contribution in [2.24, 2.45) is 22.7 Å². The molecule has 0 aromatic heterocycles. The van der Waals surface area contributed by atoms with Crippen molar-refractivity contribution in [3.05, 3.63) is 35.7 Å². The zero-order valence-corrected chi connectivity index (χ0v) is 16.6. The van der Waals surface area contributed by atoms with E-state index in [9.17, 15) is 20.1 Å². The van der Waals surface area contributed by atoms with Gasteiger partial charge in [-0.25, -0.2) is 0 Å². The zero-order valence-electron chi connectivity index (χ0n) is 16.6. The highest BCUT2D eigenvalue weighted by molar-refractivity contribution is 5.76. The molecule has 0 amide bonds. The van der Waals surface area contributed by atoms with Gasteiger partial charge in [0.1, 0.15) is 24.0 Å². The number of carboxylic acids is 1. The molecule has 1 aromatic carbocycles. The quantitative estimate of drug-likeness (QED) is 0.558. The molecule has 5 heteroatoms. The molecule has 1 unspecified atom stereocenters. The average molecular weight is 384 g/mol. The van der Waals surface area contributed by atoms with Crippen molar-refractivity contribution in [1.82, 2.24) is 0 Å². The van der Waals surface area contributed by atoms with Crippen molar-refractivity contribution in [2.45, 2.75) is 70.1 Å². The van der Waals surface area contributed by atoms with E-state index in [0.717, 1.165) is 36.9 Å². The lowest BCUT2D eigenvalue weighted by Gasteiger charge is -2.58. The van der Waals surface area contributed by atoms with E-state index >= 15 is 0 Å². The van der Waals surface area contributed by atoms with Crippen molar-refractivity contribution in [3.63, 3.8) is 0 Å². The van der Waals surface area contributed by atoms with Crippen molar-refractivity contribution >= 4 is 11.7 Å². The smallest absolute Gasteiger partial charge is 0.312 e. The Morgan fingerprint density at radius 1 is 1.25 bits per heavy atom. The molecule has 3 aliphatic carbocycles. The first-order valence-corrected chi connectivity index (χ1v) is 10.6. The Bertz CT molecular complexity index is 827. The van der Waals surface area contributed by atoms with Gasteiger partial charge < -0.3 is 20.6 Å². The van der Waals surface area contributed by atoms with Gasteiger partial charge in [0.05, 0.1) is 23.9 Å². The van der Waals surface area contributed by atoms with E-state index in [1.165, 1.54) is 5.92 Å². The van der Waals surface area contributed by atoms with Crippen LogP contribution in [0.5, 0.6) is 0 Å². The van der Waals surface area contributed by atoms with Crippen LogP contribution in [0.3, 0.4) is 0 Å². The highest BCUT2D eigenvalue weighted by atomic mass is 16.4. The van der Waals surface area contributed by atoms with Crippen molar-refractivity contribution in [3.8, 4) is 0 Å². The molecule has 7 atom stereocenters. The van der Waals surface area contributed by atoms with Crippen molar-refractivity contribution in [2.75, 3.05) is 5.32 Å². The van der Waals surface area contributed by atoms with Crippen molar-refractivity contribution in [1.29, 1.82) is 0 Å². The number of hydrogen-bond acceptors (Lipinski definition) is 4. The molecule has 0 radical (unpaired) electrons. The summed E-state index contributed by atoms with van der Waals surface area (Å²) in [4.78, 5) is 12.2. The molecule has 3 saturated carbocycles. The number of aliphatic carboxylic acids is 1. The maximum atomic E-state index is 12.2. The van der Waals surface area contributed by atoms with Crippen LogP contribution in [0.2, 0.25) is 0 Å². The van der Waals surface area contributed by atoms with Gasteiger partial charge in [-0.3, -0.25) is 4.79 Å². The summed E-state index contributed by atoms with van der Waals surface area (Å²) in [6.07, 6.45) is 3.69. The first kappa shape index (κ1) is 18.3. The predicted octanol–water partition coefficient (Wildman–Crippen LogP) is 3.31. The summed E-state index contributed by atoms with van der Waals surface area (Å²) >= 11 is 0. The minimum Gasteiger partial charge on any atom is -0.481 e. The normalized spacial score (nSPS) is 46.6. The van der Waals surface area contributed by atoms with Crippen LogP contribution in [0, 0.1) is 28.6 Å². The van der Waals surface area contributed by atoms with Gasteiger partial charge in [0.25, 0.3) is 0 Å². The van der Waals surface area contributed by atoms with E-state index in [1.54, 1.807) is 6.92 Å². The van der Waals surface area contributed by atoms with Gasteiger partial charge in [-0.2, -0.15) is 0 Å². The van der Waals surface area contributed by atoms with Crippen LogP contribution in [-0.4, -0.2) is 33.4 Å². The molecule has 5 nitrogen and oxygen atoms in total. The fourth-order valence-corrected chi connectivity index (χ4v) is 7.30. The molecular weight excluding hydrogens is 354 g/mol. The lowest BCUT2D eigenvalue weighted by molar-refractivity contribution is -0.190. The second-order valence-corrected chi connectivity index (χ2v) is 10.0. The Morgan fingerprint density at radius 2 is 2.00 bits per heavy atom. The van der Waals surface area contributed by atoms with Gasteiger partial charge in [0.2, 0.25) is 0 Å². The summed E-state index contributed by atoms with van der Waals surface area (Å²) in [6, 6.07) is 8.01. The maximum absolute atomic E-state index is 12.2. The summed E-state index contributed by atoms with van der Waals surface area (Å²) in [5.41, 5.74) is -0.250. The number of para-hydroxylation sites is 1. The summed E-state index contributed by atoms with van der Waals surface area (Å²) in [6.45, 7) is 3.95. The van der Waals surface area contributed by atoms with Crippen LogP contribution in [0.1, 0.15) is 57.9 Å². The Labute approximate surface area is 166 Å². The first-order valence-electron chi connectivity index (χ1n) is 10.6. The van der Waals surface area contributed by atoms with E-state index in [4.69, 9.17) is 0 Å². The van der Waals surface area contributed by atoms with E-state index < -0.39 is 23.1 Å². The van der Waals surface area contributed by atoms with Gasteiger partial charge in [-0.05, 0) is 38.2 Å². The lowest BCUT2D eigenvalue weighted by Crippen LogP contribution is -2.62. The van der Waals surface area contributed by atoms with Gasteiger partial charge in [0, 0.05) is 23.1 Å². The molecule has 4 N–H and O–H groups in total. The van der Waals surface area contributed by atoms with Crippen LogP contribution < -0.4 is 5.32 Å². The lowest BCUT2D eigenvalue weighted by atomic mass is 9.42. The summed E-state index contributed by atoms with van der Waals surface area (Å²) in [7, 11) is 0. The van der Waals surface area contributed by atoms with Crippen molar-refractivity contribution < 1.29 is 20.1 Å². The number of anilines is 1. The Kier molecular flexibility index (Phi) is 3.71. The number of benzene rings is 1. The number of nitrogens with one attached hydrogen (secondary N) is 1. The van der Waals surface area contributed by atoms with Gasteiger partial charge in [0.15, 0.2) is 0 Å². The third-order valence-corrected chi connectivity index (χ3v) is 8.95. The van der Waals surface area contributed by atoms with E-state index in [2.05, 4.69) is 12.2 Å². The second kappa shape index (κ2) is 5.67. The van der Waals surface area contributed by atoms with Crippen LogP contribution in [0.4, 0.5) is 5.69 Å². The summed E-state index contributed by atoms with van der Waals surface area (Å²) < 4.78 is 0. The monoisotopic (exact) mass is 384 g/mol. The highest BCUT2D eigenvalue weighted by Gasteiger charge is 2.69. The summed E-state index contributed by atoms with van der Waals surface area (Å²) in [5, 5.41) is 35.9. The number of fused-ring (bicyclic) bond motifs is 6. The molecule has 5 rings (SSSR count). The molecule has 28 heavy (non-hydrogen) atoms. The number of carbonyl (C=O) groups is 1. The number of hydrogen-bond donors (Lipinski definition) is 4. The number of rotatable bonds is 1. The van der Waals surface area contributed by atoms with Crippen LogP contribution in [-0.2, 0) is 10.4 Å². The third-order valence-electron chi connectivity index (χ3n) is 8.95. The molecule has 1 heterocycles. The SMILES string of the molecule is C[C@]12CC[C@H](O)[C@@](C)(C(=O)O)[C@@H]1CC[C+]1C[C@H]3Nc4ccccc4C3(O)C[C@@H]12. The van der Waals surface area contributed by atoms with E-state index in [-0.39, 0.29) is 23.3 Å². The highest BCUT2D eigenvalue weighted by Crippen LogP contribution is 2.67. The molecule has 1 aromatic rings. The Morgan fingerprint density at radius 3 is 2.75 bits per heavy atom.